The Morgan fingerprint density at radius 1 is 0.676 bits per heavy atom. The van der Waals surface area contributed by atoms with Crippen molar-refractivity contribution in [3.8, 4) is 22.5 Å². The Hall–Kier alpha value is -1.79. The molecule has 0 bridgehead atoms. The van der Waals surface area contributed by atoms with Crippen LogP contribution in [0.4, 0.5) is 0 Å². The number of alkyl halides is 6. The van der Waals surface area contributed by atoms with Gasteiger partial charge in [-0.05, 0) is 53.0 Å². The smallest absolute Gasteiger partial charge is 0.250 e. The minimum absolute atomic E-state index is 0.145. The highest BCUT2D eigenvalue weighted by molar-refractivity contribution is 6.67. The van der Waals surface area contributed by atoms with Crippen molar-refractivity contribution < 1.29 is 4.42 Å². The van der Waals surface area contributed by atoms with E-state index < -0.39 is 7.59 Å². The third kappa shape index (κ3) is 4.81. The fraction of sp³-hybridized carbons (Fsp3) is 0.125. The Morgan fingerprint density at radius 3 is 2.03 bits per heavy atom. The molecule has 0 amide bonds. The first kappa shape index (κ1) is 23.9. The monoisotopic (exact) mass is 569 g/mol. The van der Waals surface area contributed by atoms with Crippen molar-refractivity contribution >= 4 is 81.8 Å². The van der Waals surface area contributed by atoms with Gasteiger partial charge in [-0.3, -0.25) is 0 Å². The summed E-state index contributed by atoms with van der Waals surface area (Å²) in [6.45, 7) is 0. The molecule has 2 aromatic carbocycles. The molecule has 2 aromatic heterocycles. The van der Waals surface area contributed by atoms with Crippen molar-refractivity contribution in [2.24, 2.45) is 0 Å². The number of hydrogen-bond acceptors (Lipinski definition) is 4. The molecule has 0 radical (unpaired) electrons. The SMILES string of the molecule is ClC(Cl)(Cl)c1nc(C=Cc2ccc(-c3cccc4c3Cc3ccccc3-4)o2)nc(C(Cl)(Cl)Cl)n1. The van der Waals surface area contributed by atoms with Gasteiger partial charge in [0.1, 0.15) is 11.5 Å². The highest BCUT2D eigenvalue weighted by atomic mass is 35.6. The number of fused-ring (bicyclic) bond motifs is 3. The van der Waals surface area contributed by atoms with E-state index in [4.69, 9.17) is 74.0 Å². The molecule has 0 spiro atoms. The average Bonchev–Trinajstić information content (AvgIpc) is 3.41. The van der Waals surface area contributed by atoms with E-state index in [0.29, 0.717) is 5.76 Å². The van der Waals surface area contributed by atoms with Crippen LogP contribution in [0.1, 0.15) is 34.4 Å². The van der Waals surface area contributed by atoms with E-state index in [1.54, 1.807) is 12.2 Å². The lowest BCUT2D eigenvalue weighted by atomic mass is 10.00. The van der Waals surface area contributed by atoms with Crippen LogP contribution in [0.25, 0.3) is 34.6 Å². The number of furan rings is 1. The van der Waals surface area contributed by atoms with Crippen LogP contribution >= 0.6 is 69.6 Å². The number of hydrogen-bond donors (Lipinski definition) is 0. The van der Waals surface area contributed by atoms with Crippen molar-refractivity contribution in [3.05, 3.63) is 89.0 Å². The van der Waals surface area contributed by atoms with Crippen LogP contribution in [-0.2, 0) is 14.0 Å². The number of nitrogens with zero attached hydrogens (tertiary/aromatic N) is 3. The Labute approximate surface area is 225 Å². The maximum atomic E-state index is 6.10. The summed E-state index contributed by atoms with van der Waals surface area (Å²) in [5.74, 6) is 1.16. The Kier molecular flexibility index (Phi) is 6.34. The van der Waals surface area contributed by atoms with E-state index in [1.165, 1.54) is 22.3 Å². The van der Waals surface area contributed by atoms with Crippen molar-refractivity contribution in [1.82, 2.24) is 15.0 Å². The maximum Gasteiger partial charge on any atom is 0.250 e. The lowest BCUT2D eigenvalue weighted by molar-refractivity contribution is 0.571. The molecule has 5 rings (SSSR count). The quantitative estimate of drug-likeness (QED) is 0.204. The summed E-state index contributed by atoms with van der Waals surface area (Å²) in [7, 11) is 0. The second-order valence-electron chi connectivity index (χ2n) is 7.54. The number of aromatic nitrogens is 3. The molecule has 10 heteroatoms. The molecule has 1 aliphatic carbocycles. The Bertz CT molecular complexity index is 1390. The minimum atomic E-state index is -1.92. The summed E-state index contributed by atoms with van der Waals surface area (Å²) in [6.07, 6.45) is 4.11. The summed E-state index contributed by atoms with van der Waals surface area (Å²) >= 11 is 35.6. The zero-order chi connectivity index (χ0) is 24.1. The second kappa shape index (κ2) is 9.02. The first-order chi connectivity index (χ1) is 16.1. The van der Waals surface area contributed by atoms with Crippen LogP contribution in [0.3, 0.4) is 0 Å². The van der Waals surface area contributed by atoms with Gasteiger partial charge in [-0.1, -0.05) is 112 Å². The topological polar surface area (TPSA) is 51.8 Å². The van der Waals surface area contributed by atoms with Crippen LogP contribution < -0.4 is 0 Å². The third-order valence-electron chi connectivity index (χ3n) is 5.30. The Balaban J connectivity index is 1.46. The summed E-state index contributed by atoms with van der Waals surface area (Å²) in [5, 5.41) is 0. The molecule has 4 aromatic rings. The van der Waals surface area contributed by atoms with E-state index >= 15 is 0 Å². The molecule has 4 nitrogen and oxygen atoms in total. The van der Waals surface area contributed by atoms with Crippen LogP contribution in [0, 0.1) is 0 Å². The highest BCUT2D eigenvalue weighted by Gasteiger charge is 2.33. The zero-order valence-corrected chi connectivity index (χ0v) is 21.6. The van der Waals surface area contributed by atoms with E-state index in [0.717, 1.165) is 17.7 Å². The first-order valence-electron chi connectivity index (χ1n) is 9.98. The van der Waals surface area contributed by atoms with E-state index in [9.17, 15) is 0 Å². The number of benzene rings is 2. The van der Waals surface area contributed by atoms with Gasteiger partial charge in [0.25, 0.3) is 0 Å². The van der Waals surface area contributed by atoms with E-state index in [1.807, 2.05) is 18.2 Å². The van der Waals surface area contributed by atoms with Crippen molar-refractivity contribution in [2.45, 2.75) is 14.0 Å². The van der Waals surface area contributed by atoms with Gasteiger partial charge in [-0.2, -0.15) is 0 Å². The summed E-state index contributed by atoms with van der Waals surface area (Å²) in [4.78, 5) is 12.2. The van der Waals surface area contributed by atoms with E-state index in [2.05, 4.69) is 51.4 Å². The molecule has 0 saturated heterocycles. The molecule has 0 atom stereocenters. The summed E-state index contributed by atoms with van der Waals surface area (Å²) in [5.41, 5.74) is 6.08. The van der Waals surface area contributed by atoms with Crippen molar-refractivity contribution in [1.29, 1.82) is 0 Å². The second-order valence-corrected chi connectivity index (χ2v) is 12.1. The molecular formula is C24H13Cl6N3O. The average molecular weight is 572 g/mol. The van der Waals surface area contributed by atoms with Crippen LogP contribution in [0.2, 0.25) is 0 Å². The lowest BCUT2D eigenvalue weighted by Gasteiger charge is -2.14. The van der Waals surface area contributed by atoms with Crippen LogP contribution in [0.5, 0.6) is 0 Å². The van der Waals surface area contributed by atoms with Gasteiger partial charge in [0.05, 0.1) is 0 Å². The number of halogens is 6. The van der Waals surface area contributed by atoms with Crippen molar-refractivity contribution in [3.63, 3.8) is 0 Å². The van der Waals surface area contributed by atoms with Gasteiger partial charge in [0, 0.05) is 5.56 Å². The van der Waals surface area contributed by atoms with Gasteiger partial charge < -0.3 is 4.42 Å². The molecule has 1 aliphatic rings. The molecule has 0 unspecified atom stereocenters. The predicted molar refractivity (Wildman–Crippen MR) is 140 cm³/mol. The van der Waals surface area contributed by atoms with Gasteiger partial charge in [-0.15, -0.1) is 0 Å². The fourth-order valence-electron chi connectivity index (χ4n) is 3.85. The molecule has 2 heterocycles. The Morgan fingerprint density at radius 2 is 1.32 bits per heavy atom. The van der Waals surface area contributed by atoms with Gasteiger partial charge in [-0.25, -0.2) is 15.0 Å². The van der Waals surface area contributed by atoms with Crippen LogP contribution in [-0.4, -0.2) is 15.0 Å². The summed E-state index contributed by atoms with van der Waals surface area (Å²) < 4.78 is 2.26. The number of rotatable bonds is 3. The fourth-order valence-corrected chi connectivity index (χ4v) is 4.36. The lowest BCUT2D eigenvalue weighted by Crippen LogP contribution is -2.16. The zero-order valence-electron chi connectivity index (χ0n) is 17.1. The third-order valence-corrected chi connectivity index (χ3v) is 6.31. The molecule has 0 fully saturated rings. The van der Waals surface area contributed by atoms with Gasteiger partial charge >= 0.3 is 0 Å². The molecule has 0 saturated carbocycles. The minimum Gasteiger partial charge on any atom is -0.457 e. The largest absolute Gasteiger partial charge is 0.457 e. The molecule has 0 N–H and O–H groups in total. The summed E-state index contributed by atoms with van der Waals surface area (Å²) in [6, 6.07) is 18.4. The van der Waals surface area contributed by atoms with Crippen LogP contribution in [0.15, 0.2) is 59.0 Å². The van der Waals surface area contributed by atoms with Gasteiger partial charge in [0.15, 0.2) is 17.5 Å². The molecule has 172 valence electrons. The van der Waals surface area contributed by atoms with E-state index in [-0.39, 0.29) is 17.5 Å². The first-order valence-corrected chi connectivity index (χ1v) is 12.3. The molecule has 34 heavy (non-hydrogen) atoms. The maximum absolute atomic E-state index is 6.10. The van der Waals surface area contributed by atoms with Crippen molar-refractivity contribution in [2.75, 3.05) is 0 Å². The standard InChI is InChI=1S/C24H13Cl6N3O/c25-23(26,27)21-31-20(32-22(33-21)24(28,29)30)11-9-14-8-10-19(34-14)17-7-3-6-16-15-5-2-1-4-13(15)12-18(16)17/h1-11H,12H2. The molecule has 0 aliphatic heterocycles. The predicted octanol–water partition coefficient (Wildman–Crippen LogP) is 8.53. The van der Waals surface area contributed by atoms with Gasteiger partial charge in [0.2, 0.25) is 7.59 Å². The molecular weight excluding hydrogens is 559 g/mol. The highest BCUT2D eigenvalue weighted by Crippen LogP contribution is 2.42. The normalized spacial score (nSPS) is 13.4.